The lowest BCUT2D eigenvalue weighted by Crippen LogP contribution is -2.15. The molecule has 1 N–H and O–H groups in total. The Morgan fingerprint density at radius 3 is 1.58 bits per heavy atom. The minimum atomic E-state index is -4.39. The number of para-hydroxylation sites is 2. The Kier molecular flexibility index (Phi) is 8.26. The summed E-state index contributed by atoms with van der Waals surface area (Å²) < 4.78 is 28.0. The van der Waals surface area contributed by atoms with Crippen LogP contribution in [-0.2, 0) is 10.0 Å². The molecule has 0 fully saturated rings. The number of benzene rings is 5. The van der Waals surface area contributed by atoms with E-state index >= 15 is 0 Å². The summed E-state index contributed by atoms with van der Waals surface area (Å²) in [4.78, 5) is 22.0. The van der Waals surface area contributed by atoms with Crippen molar-refractivity contribution in [2.75, 3.05) is 9.62 Å². The van der Waals surface area contributed by atoms with Gasteiger partial charge in [-0.25, -0.2) is 8.42 Å². The van der Waals surface area contributed by atoms with Crippen LogP contribution in [-0.4, -0.2) is 18.3 Å². The second-order valence-electron chi connectivity index (χ2n) is 9.33. The lowest BCUT2D eigenvalue weighted by atomic mass is 10.1. The summed E-state index contributed by atoms with van der Waals surface area (Å²) in [5.41, 5.74) is 3.54. The van der Waals surface area contributed by atoms with Crippen molar-refractivity contribution >= 4 is 56.3 Å². The number of sulfonamides is 1. The first-order chi connectivity index (χ1) is 20.7. The summed E-state index contributed by atoms with van der Waals surface area (Å²) in [5.74, 6) is 0. The molecule has 0 saturated carbocycles. The number of hydrogen-bond donors (Lipinski definition) is 1. The molecule has 0 amide bonds. The molecule has 11 heteroatoms. The Morgan fingerprint density at radius 1 is 0.605 bits per heavy atom. The second kappa shape index (κ2) is 12.4. The van der Waals surface area contributed by atoms with Gasteiger partial charge in [0.1, 0.15) is 0 Å². The molecule has 0 aromatic heterocycles. The topological polar surface area (TPSA) is 136 Å². The van der Waals surface area contributed by atoms with E-state index in [1.54, 1.807) is 12.1 Å². The number of hydrogen-bond acceptors (Lipinski definition) is 7. The van der Waals surface area contributed by atoms with Crippen LogP contribution in [0.1, 0.15) is 11.1 Å². The van der Waals surface area contributed by atoms with Crippen molar-refractivity contribution in [1.82, 2.24) is 0 Å². The smallest absolute Gasteiger partial charge is 0.296 e. The minimum Gasteiger partial charge on any atom is -0.311 e. The zero-order valence-corrected chi connectivity index (χ0v) is 23.3. The molecule has 43 heavy (non-hydrogen) atoms. The van der Waals surface area contributed by atoms with Gasteiger partial charge in [-0.15, -0.1) is 0 Å². The first kappa shape index (κ1) is 28.7. The van der Waals surface area contributed by atoms with Gasteiger partial charge in [-0.3, -0.25) is 25.0 Å². The van der Waals surface area contributed by atoms with E-state index in [-0.39, 0.29) is 5.69 Å². The maximum absolute atomic E-state index is 12.9. The predicted molar refractivity (Wildman–Crippen MR) is 167 cm³/mol. The Morgan fingerprint density at radius 2 is 1.09 bits per heavy atom. The number of nitro groups is 2. The highest BCUT2D eigenvalue weighted by atomic mass is 32.2. The lowest BCUT2D eigenvalue weighted by Gasteiger charge is -2.25. The largest absolute Gasteiger partial charge is 0.311 e. The van der Waals surface area contributed by atoms with Crippen LogP contribution in [0.2, 0.25) is 0 Å². The average Bonchev–Trinajstić information content (AvgIpc) is 3.02. The number of anilines is 4. The first-order valence-electron chi connectivity index (χ1n) is 13.0. The fourth-order valence-corrected chi connectivity index (χ4v) is 5.60. The third-order valence-electron chi connectivity index (χ3n) is 6.45. The van der Waals surface area contributed by atoms with E-state index in [0.29, 0.717) is 6.07 Å². The summed E-state index contributed by atoms with van der Waals surface area (Å²) in [6, 6.07) is 37.1. The van der Waals surface area contributed by atoms with E-state index in [1.807, 2.05) is 72.8 Å². The average molecular weight is 593 g/mol. The standard InChI is InChI=1S/C32H24N4O6S/c37-35(38)30-21-22-32(31(23-30)36(39)40)43(41,42)33-26-17-13-24(14-18-26)11-12-25-15-19-29(20-16-25)34(27-7-3-1-4-8-27)28-9-5-2-6-10-28/h1-23,33H. The Balaban J connectivity index is 1.31. The number of rotatable bonds is 10. The summed E-state index contributed by atoms with van der Waals surface area (Å²) in [6.07, 6.45) is 3.80. The number of non-ortho nitro benzene ring substituents is 1. The highest BCUT2D eigenvalue weighted by Crippen LogP contribution is 2.34. The van der Waals surface area contributed by atoms with Gasteiger partial charge in [0.05, 0.1) is 15.9 Å². The van der Waals surface area contributed by atoms with Crippen molar-refractivity contribution in [2.24, 2.45) is 0 Å². The summed E-state index contributed by atoms with van der Waals surface area (Å²) >= 11 is 0. The van der Waals surface area contributed by atoms with Crippen LogP contribution in [0.15, 0.2) is 132 Å². The molecule has 5 aromatic rings. The van der Waals surface area contributed by atoms with Gasteiger partial charge in [0, 0.05) is 28.8 Å². The van der Waals surface area contributed by atoms with Gasteiger partial charge in [-0.2, -0.15) is 0 Å². The third-order valence-corrected chi connectivity index (χ3v) is 7.88. The number of nitrogens with zero attached hydrogens (tertiary/aromatic N) is 3. The summed E-state index contributed by atoms with van der Waals surface area (Å²) in [6.45, 7) is 0. The molecule has 0 radical (unpaired) electrons. The molecule has 214 valence electrons. The summed E-state index contributed by atoms with van der Waals surface area (Å²) in [7, 11) is -4.39. The van der Waals surface area contributed by atoms with Crippen molar-refractivity contribution < 1.29 is 18.3 Å². The SMILES string of the molecule is O=[N+]([O-])c1ccc(S(=O)(=O)Nc2ccc(C=Cc3ccc(N(c4ccccc4)c4ccccc4)cc3)cc2)c([N+](=O)[O-])c1. The fraction of sp³-hybridized carbons (Fsp3) is 0. The van der Waals surface area contributed by atoms with Crippen molar-refractivity contribution in [2.45, 2.75) is 4.90 Å². The molecule has 0 aliphatic heterocycles. The number of nitro benzene ring substituents is 2. The Labute approximate surface area is 247 Å². The van der Waals surface area contributed by atoms with Crippen LogP contribution < -0.4 is 9.62 Å². The highest BCUT2D eigenvalue weighted by molar-refractivity contribution is 7.92. The molecule has 0 aliphatic carbocycles. The minimum absolute atomic E-state index is 0.177. The van der Waals surface area contributed by atoms with Gasteiger partial charge in [-0.05, 0) is 65.7 Å². The second-order valence-corrected chi connectivity index (χ2v) is 11.0. The van der Waals surface area contributed by atoms with E-state index in [9.17, 15) is 28.6 Å². The van der Waals surface area contributed by atoms with Gasteiger partial charge < -0.3 is 4.90 Å². The molecule has 0 heterocycles. The van der Waals surface area contributed by atoms with Crippen LogP contribution in [0, 0.1) is 20.2 Å². The molecule has 0 saturated heterocycles. The molecular weight excluding hydrogens is 568 g/mol. The summed E-state index contributed by atoms with van der Waals surface area (Å²) in [5, 5.41) is 22.4. The molecule has 0 atom stereocenters. The van der Waals surface area contributed by atoms with Crippen LogP contribution >= 0.6 is 0 Å². The molecule has 5 aromatic carbocycles. The van der Waals surface area contributed by atoms with Gasteiger partial charge in [-0.1, -0.05) is 72.8 Å². The zero-order chi connectivity index (χ0) is 30.4. The molecule has 10 nitrogen and oxygen atoms in total. The van der Waals surface area contributed by atoms with E-state index in [0.717, 1.165) is 40.3 Å². The molecule has 0 aliphatic rings. The maximum atomic E-state index is 12.9. The van der Waals surface area contributed by atoms with Crippen molar-refractivity contribution in [3.63, 3.8) is 0 Å². The Bertz CT molecular complexity index is 1860. The van der Waals surface area contributed by atoms with Crippen LogP contribution in [0.3, 0.4) is 0 Å². The lowest BCUT2D eigenvalue weighted by molar-refractivity contribution is -0.396. The van der Waals surface area contributed by atoms with Gasteiger partial charge in [0.15, 0.2) is 4.90 Å². The van der Waals surface area contributed by atoms with Crippen molar-refractivity contribution in [1.29, 1.82) is 0 Å². The monoisotopic (exact) mass is 592 g/mol. The molecular formula is C32H24N4O6S. The van der Waals surface area contributed by atoms with Crippen LogP contribution in [0.5, 0.6) is 0 Å². The Hall–Kier alpha value is -5.81. The zero-order valence-electron chi connectivity index (χ0n) is 22.5. The van der Waals surface area contributed by atoms with Gasteiger partial charge in [0.2, 0.25) is 0 Å². The van der Waals surface area contributed by atoms with Crippen molar-refractivity contribution in [3.05, 3.63) is 159 Å². The molecule has 0 unspecified atom stereocenters. The fourth-order valence-electron chi connectivity index (χ4n) is 4.39. The van der Waals surface area contributed by atoms with E-state index < -0.39 is 36.1 Å². The van der Waals surface area contributed by atoms with Crippen LogP contribution in [0.25, 0.3) is 12.2 Å². The van der Waals surface area contributed by atoms with Crippen molar-refractivity contribution in [3.8, 4) is 0 Å². The van der Waals surface area contributed by atoms with E-state index in [4.69, 9.17) is 0 Å². The molecule has 5 rings (SSSR count). The van der Waals surface area contributed by atoms with Crippen LogP contribution in [0.4, 0.5) is 34.1 Å². The number of nitrogens with one attached hydrogen (secondary N) is 1. The third kappa shape index (κ3) is 6.75. The van der Waals surface area contributed by atoms with Gasteiger partial charge >= 0.3 is 0 Å². The van der Waals surface area contributed by atoms with E-state index in [2.05, 4.69) is 33.9 Å². The van der Waals surface area contributed by atoms with E-state index in [1.165, 1.54) is 12.1 Å². The quantitative estimate of drug-likeness (QED) is 0.0987. The molecule has 0 bridgehead atoms. The van der Waals surface area contributed by atoms with Gasteiger partial charge in [0.25, 0.3) is 21.4 Å². The first-order valence-corrected chi connectivity index (χ1v) is 14.4. The molecule has 0 spiro atoms. The maximum Gasteiger partial charge on any atom is 0.296 e. The predicted octanol–water partition coefficient (Wildman–Crippen LogP) is 7.94. The normalized spacial score (nSPS) is 11.3. The highest BCUT2D eigenvalue weighted by Gasteiger charge is 2.28.